The second kappa shape index (κ2) is 9.13. The molecule has 0 fully saturated rings. The second-order valence-corrected chi connectivity index (χ2v) is 6.81. The van der Waals surface area contributed by atoms with Crippen molar-refractivity contribution in [2.75, 3.05) is 5.75 Å². The molecule has 0 aliphatic carbocycles. The number of carbonyl (C=O) groups is 1. The summed E-state index contributed by atoms with van der Waals surface area (Å²) in [5.41, 5.74) is 1.20. The number of rotatable bonds is 10. The van der Waals surface area contributed by atoms with Gasteiger partial charge in [-0.3, -0.25) is 4.79 Å². The largest absolute Gasteiger partial charge is 0.481 e. The van der Waals surface area contributed by atoms with Crippen molar-refractivity contribution in [3.63, 3.8) is 0 Å². The number of hydrogen-bond donors (Lipinski definition) is 1. The van der Waals surface area contributed by atoms with Crippen LogP contribution in [0.25, 0.3) is 0 Å². The quantitative estimate of drug-likeness (QED) is 0.502. The summed E-state index contributed by atoms with van der Waals surface area (Å²) in [7, 11) is 0. The fourth-order valence-electron chi connectivity index (χ4n) is 2.46. The van der Waals surface area contributed by atoms with E-state index in [4.69, 9.17) is 5.11 Å². The van der Waals surface area contributed by atoms with Crippen LogP contribution in [0.5, 0.6) is 0 Å². The maximum Gasteiger partial charge on any atom is 0.313 e. The first-order valence-corrected chi connectivity index (χ1v) is 8.87. The summed E-state index contributed by atoms with van der Waals surface area (Å²) >= 11 is 1.32. The van der Waals surface area contributed by atoms with Crippen LogP contribution in [0.4, 0.5) is 0 Å². The van der Waals surface area contributed by atoms with Gasteiger partial charge in [-0.1, -0.05) is 58.2 Å². The molecule has 0 aliphatic rings. The van der Waals surface area contributed by atoms with Crippen molar-refractivity contribution in [2.45, 2.75) is 76.9 Å². The fourth-order valence-corrected chi connectivity index (χ4v) is 3.26. The molecule has 1 aromatic heterocycles. The Kier molecular flexibility index (Phi) is 7.86. The van der Waals surface area contributed by atoms with Gasteiger partial charge < -0.3 is 9.67 Å². The highest BCUT2D eigenvalue weighted by molar-refractivity contribution is 7.99. The molecule has 1 atom stereocenters. The second-order valence-electron chi connectivity index (χ2n) is 5.87. The highest BCUT2D eigenvalue weighted by atomic mass is 32.2. The van der Waals surface area contributed by atoms with Gasteiger partial charge in [-0.05, 0) is 19.3 Å². The minimum absolute atomic E-state index is 0.0666. The van der Waals surface area contributed by atoms with E-state index in [0.717, 1.165) is 11.6 Å². The molecule has 21 heavy (non-hydrogen) atoms. The van der Waals surface area contributed by atoms with Crippen molar-refractivity contribution >= 4 is 17.7 Å². The lowest BCUT2D eigenvalue weighted by Gasteiger charge is -2.20. The van der Waals surface area contributed by atoms with E-state index in [1.54, 1.807) is 0 Å². The molecule has 120 valence electrons. The third-order valence-electron chi connectivity index (χ3n) is 3.62. The molecule has 1 rings (SSSR count). The number of hydrogen-bond acceptors (Lipinski definition) is 3. The zero-order valence-corrected chi connectivity index (χ0v) is 14.4. The minimum atomic E-state index is -0.795. The highest BCUT2D eigenvalue weighted by Gasteiger charge is 2.18. The molecule has 0 aromatic carbocycles. The monoisotopic (exact) mass is 312 g/mol. The SMILES string of the molecule is CCCCCCC(C)n1c(C(C)C)cnc1SCC(=O)O. The summed E-state index contributed by atoms with van der Waals surface area (Å²) < 4.78 is 2.24. The summed E-state index contributed by atoms with van der Waals surface area (Å²) in [5, 5.41) is 9.70. The van der Waals surface area contributed by atoms with Crippen LogP contribution < -0.4 is 0 Å². The van der Waals surface area contributed by atoms with E-state index in [9.17, 15) is 4.79 Å². The van der Waals surface area contributed by atoms with Gasteiger partial charge in [-0.25, -0.2) is 4.98 Å². The van der Waals surface area contributed by atoms with Crippen LogP contribution in [-0.4, -0.2) is 26.4 Å². The molecule has 0 radical (unpaired) electrons. The first kappa shape index (κ1) is 18.1. The Hall–Kier alpha value is -0.970. The van der Waals surface area contributed by atoms with Crippen LogP contribution >= 0.6 is 11.8 Å². The minimum Gasteiger partial charge on any atom is -0.481 e. The Bertz CT molecular complexity index is 443. The third-order valence-corrected chi connectivity index (χ3v) is 4.58. The van der Waals surface area contributed by atoms with E-state index in [1.165, 1.54) is 43.1 Å². The summed E-state index contributed by atoms with van der Waals surface area (Å²) in [5.74, 6) is -0.331. The van der Waals surface area contributed by atoms with Gasteiger partial charge in [0.25, 0.3) is 0 Å². The van der Waals surface area contributed by atoms with E-state index in [-0.39, 0.29) is 5.75 Å². The summed E-state index contributed by atoms with van der Waals surface area (Å²) in [4.78, 5) is 15.2. The van der Waals surface area contributed by atoms with Crippen LogP contribution in [-0.2, 0) is 4.79 Å². The van der Waals surface area contributed by atoms with Crippen molar-refractivity contribution in [1.82, 2.24) is 9.55 Å². The molecule has 1 heterocycles. The van der Waals surface area contributed by atoms with E-state index < -0.39 is 5.97 Å². The van der Waals surface area contributed by atoms with Gasteiger partial charge >= 0.3 is 5.97 Å². The fraction of sp³-hybridized carbons (Fsp3) is 0.750. The van der Waals surface area contributed by atoms with Gasteiger partial charge in [-0.2, -0.15) is 0 Å². The molecule has 0 saturated heterocycles. The topological polar surface area (TPSA) is 55.1 Å². The number of thioether (sulfide) groups is 1. The Balaban J connectivity index is 2.79. The number of carboxylic acid groups (broad SMARTS) is 1. The first-order valence-electron chi connectivity index (χ1n) is 7.89. The maximum absolute atomic E-state index is 10.8. The van der Waals surface area contributed by atoms with Crippen molar-refractivity contribution in [3.05, 3.63) is 11.9 Å². The van der Waals surface area contributed by atoms with Crippen LogP contribution in [0.2, 0.25) is 0 Å². The third kappa shape index (κ3) is 5.73. The van der Waals surface area contributed by atoms with Crippen molar-refractivity contribution in [2.24, 2.45) is 0 Å². The van der Waals surface area contributed by atoms with Crippen molar-refractivity contribution in [3.8, 4) is 0 Å². The van der Waals surface area contributed by atoms with Crippen LogP contribution in [0.15, 0.2) is 11.4 Å². The number of aromatic nitrogens is 2. The van der Waals surface area contributed by atoms with Gasteiger partial charge in [0.1, 0.15) is 0 Å². The molecule has 0 bridgehead atoms. The average Bonchev–Trinajstić information content (AvgIpc) is 2.85. The summed E-state index contributed by atoms with van der Waals surface area (Å²) in [6, 6.07) is 0.373. The van der Waals surface area contributed by atoms with Crippen LogP contribution in [0.1, 0.15) is 77.5 Å². The number of aliphatic carboxylic acids is 1. The molecular weight excluding hydrogens is 284 g/mol. The van der Waals surface area contributed by atoms with Gasteiger partial charge in [0.2, 0.25) is 0 Å². The van der Waals surface area contributed by atoms with Crippen LogP contribution in [0.3, 0.4) is 0 Å². The van der Waals surface area contributed by atoms with E-state index in [1.807, 2.05) is 6.20 Å². The number of imidazole rings is 1. The molecule has 0 saturated carbocycles. The predicted octanol–water partition coefficient (Wildman–Crippen LogP) is 4.71. The lowest BCUT2D eigenvalue weighted by atomic mass is 10.1. The molecule has 4 nitrogen and oxygen atoms in total. The lowest BCUT2D eigenvalue weighted by Crippen LogP contribution is -2.12. The normalized spacial score (nSPS) is 12.8. The first-order chi connectivity index (χ1) is 9.97. The number of carboxylic acids is 1. The van der Waals surface area contributed by atoms with Crippen molar-refractivity contribution in [1.29, 1.82) is 0 Å². The standard InChI is InChI=1S/C16H28N2O2S/c1-5-6-7-8-9-13(4)18-14(12(2)3)10-17-16(18)21-11-15(19)20/h10,12-13H,5-9,11H2,1-4H3,(H,19,20). The summed E-state index contributed by atoms with van der Waals surface area (Å²) in [6.07, 6.45) is 8.04. The molecular formula is C16H28N2O2S. The molecule has 0 amide bonds. The van der Waals surface area contributed by atoms with Gasteiger partial charge in [0.15, 0.2) is 5.16 Å². The van der Waals surface area contributed by atoms with Crippen molar-refractivity contribution < 1.29 is 9.90 Å². The van der Waals surface area contributed by atoms with Crippen LogP contribution in [0, 0.1) is 0 Å². The predicted molar refractivity (Wildman–Crippen MR) is 88.1 cm³/mol. The highest BCUT2D eigenvalue weighted by Crippen LogP contribution is 2.29. The Labute approximate surface area is 132 Å². The average molecular weight is 312 g/mol. The molecule has 1 N–H and O–H groups in total. The maximum atomic E-state index is 10.8. The van der Waals surface area contributed by atoms with E-state index in [0.29, 0.717) is 12.0 Å². The van der Waals surface area contributed by atoms with Gasteiger partial charge in [-0.15, -0.1) is 0 Å². The number of nitrogens with zero attached hydrogens (tertiary/aromatic N) is 2. The van der Waals surface area contributed by atoms with Gasteiger partial charge in [0, 0.05) is 17.9 Å². The molecule has 5 heteroatoms. The van der Waals surface area contributed by atoms with E-state index >= 15 is 0 Å². The molecule has 0 aliphatic heterocycles. The molecule has 0 spiro atoms. The zero-order valence-electron chi connectivity index (χ0n) is 13.6. The molecule has 1 aromatic rings. The Morgan fingerprint density at radius 3 is 2.62 bits per heavy atom. The molecule has 1 unspecified atom stereocenters. The lowest BCUT2D eigenvalue weighted by molar-refractivity contribution is -0.133. The zero-order chi connectivity index (χ0) is 15.8. The number of unbranched alkanes of at least 4 members (excludes halogenated alkanes) is 3. The smallest absolute Gasteiger partial charge is 0.313 e. The van der Waals surface area contributed by atoms with Gasteiger partial charge in [0.05, 0.1) is 5.75 Å². The van der Waals surface area contributed by atoms with E-state index in [2.05, 4.69) is 37.2 Å². The summed E-state index contributed by atoms with van der Waals surface area (Å²) in [6.45, 7) is 8.74. The Morgan fingerprint density at radius 1 is 1.33 bits per heavy atom. The Morgan fingerprint density at radius 2 is 2.05 bits per heavy atom.